The van der Waals surface area contributed by atoms with Gasteiger partial charge in [0.15, 0.2) is 0 Å². The van der Waals surface area contributed by atoms with Crippen molar-refractivity contribution in [2.45, 2.75) is 77.4 Å². The fourth-order valence-electron chi connectivity index (χ4n) is 3.34. The summed E-state index contributed by atoms with van der Waals surface area (Å²) in [5.41, 5.74) is 0.790. The van der Waals surface area contributed by atoms with Gasteiger partial charge in [0, 0.05) is 29.1 Å². The third kappa shape index (κ3) is 5.88. The second kappa shape index (κ2) is 10.2. The number of rotatable bonds is 7. The van der Waals surface area contributed by atoms with Crippen LogP contribution >= 0.6 is 23.2 Å². The Morgan fingerprint density at radius 3 is 2.54 bits per heavy atom. The predicted molar refractivity (Wildman–Crippen MR) is 106 cm³/mol. The summed E-state index contributed by atoms with van der Waals surface area (Å²) < 4.78 is 0. The van der Waals surface area contributed by atoms with E-state index >= 15 is 0 Å². The molecule has 1 aliphatic rings. The minimum atomic E-state index is -0.539. The van der Waals surface area contributed by atoms with Crippen molar-refractivity contribution in [2.75, 3.05) is 0 Å². The molecule has 1 aromatic carbocycles. The first-order valence-corrected chi connectivity index (χ1v) is 10.2. The molecule has 2 amide bonds. The lowest BCUT2D eigenvalue weighted by Gasteiger charge is -2.31. The molecule has 1 unspecified atom stereocenters. The van der Waals surface area contributed by atoms with Crippen LogP contribution in [0.25, 0.3) is 0 Å². The van der Waals surface area contributed by atoms with E-state index in [4.69, 9.17) is 23.2 Å². The Hall–Kier alpha value is -1.26. The van der Waals surface area contributed by atoms with Gasteiger partial charge in [0.05, 0.1) is 0 Å². The Labute approximate surface area is 166 Å². The SMILES string of the molecule is CCCC(=O)N(Cc1ccc(Cl)cc1Cl)C(C)C(=O)NC1CCCCC1. The molecule has 0 radical (unpaired) electrons. The number of hydrogen-bond acceptors (Lipinski definition) is 2. The van der Waals surface area contributed by atoms with Gasteiger partial charge in [-0.1, -0.05) is 55.5 Å². The highest BCUT2D eigenvalue weighted by atomic mass is 35.5. The first-order valence-electron chi connectivity index (χ1n) is 9.46. The molecule has 1 atom stereocenters. The van der Waals surface area contributed by atoms with Gasteiger partial charge in [0.2, 0.25) is 11.8 Å². The smallest absolute Gasteiger partial charge is 0.242 e. The molecule has 1 saturated carbocycles. The molecule has 2 rings (SSSR count). The Kier molecular flexibility index (Phi) is 8.23. The summed E-state index contributed by atoms with van der Waals surface area (Å²) in [4.78, 5) is 27.0. The highest BCUT2D eigenvalue weighted by Crippen LogP contribution is 2.24. The van der Waals surface area contributed by atoms with Crippen molar-refractivity contribution in [3.05, 3.63) is 33.8 Å². The van der Waals surface area contributed by atoms with Crippen LogP contribution in [-0.4, -0.2) is 28.8 Å². The van der Waals surface area contributed by atoms with Crippen LogP contribution in [0.2, 0.25) is 10.0 Å². The van der Waals surface area contributed by atoms with Crippen LogP contribution in [0.15, 0.2) is 18.2 Å². The van der Waals surface area contributed by atoms with Gasteiger partial charge in [-0.25, -0.2) is 0 Å². The van der Waals surface area contributed by atoms with Crippen molar-refractivity contribution >= 4 is 35.0 Å². The van der Waals surface area contributed by atoms with Crippen molar-refractivity contribution < 1.29 is 9.59 Å². The van der Waals surface area contributed by atoms with Gasteiger partial charge in [0.1, 0.15) is 6.04 Å². The molecule has 4 nitrogen and oxygen atoms in total. The fourth-order valence-corrected chi connectivity index (χ4v) is 3.81. The number of nitrogens with zero attached hydrogens (tertiary/aromatic N) is 1. The standard InChI is InChI=1S/C20H28Cl2N2O2/c1-3-7-19(25)24(13-15-10-11-16(21)12-18(15)22)14(2)20(26)23-17-8-5-4-6-9-17/h10-12,14,17H,3-9,13H2,1-2H3,(H,23,26). The summed E-state index contributed by atoms with van der Waals surface area (Å²) in [5.74, 6) is -0.128. The molecule has 26 heavy (non-hydrogen) atoms. The molecule has 1 N–H and O–H groups in total. The quantitative estimate of drug-likeness (QED) is 0.705. The lowest BCUT2D eigenvalue weighted by Crippen LogP contribution is -2.50. The van der Waals surface area contributed by atoms with Crippen molar-refractivity contribution in [3.8, 4) is 0 Å². The molecule has 1 aromatic rings. The van der Waals surface area contributed by atoms with Gasteiger partial charge >= 0.3 is 0 Å². The molecule has 0 spiro atoms. The third-order valence-corrected chi connectivity index (χ3v) is 5.53. The van der Waals surface area contributed by atoms with E-state index in [1.807, 2.05) is 13.0 Å². The molecule has 0 aliphatic heterocycles. The Morgan fingerprint density at radius 2 is 1.92 bits per heavy atom. The van der Waals surface area contributed by atoms with E-state index in [0.717, 1.165) is 37.7 Å². The lowest BCUT2D eigenvalue weighted by molar-refractivity contribution is -0.141. The van der Waals surface area contributed by atoms with Crippen LogP contribution in [-0.2, 0) is 16.1 Å². The Morgan fingerprint density at radius 1 is 1.23 bits per heavy atom. The average Bonchev–Trinajstić information content (AvgIpc) is 2.61. The zero-order chi connectivity index (χ0) is 19.1. The number of halogens is 2. The topological polar surface area (TPSA) is 49.4 Å². The van der Waals surface area contributed by atoms with E-state index in [1.165, 1.54) is 6.42 Å². The fraction of sp³-hybridized carbons (Fsp3) is 0.600. The van der Waals surface area contributed by atoms with E-state index in [0.29, 0.717) is 23.0 Å². The van der Waals surface area contributed by atoms with Gasteiger partial charge < -0.3 is 10.2 Å². The molecule has 0 aromatic heterocycles. The predicted octanol–water partition coefficient (Wildman–Crippen LogP) is 4.96. The van der Waals surface area contributed by atoms with Crippen LogP contribution in [0.1, 0.15) is 64.4 Å². The van der Waals surface area contributed by atoms with E-state index in [9.17, 15) is 9.59 Å². The molecular formula is C20H28Cl2N2O2. The molecule has 0 bridgehead atoms. The van der Waals surface area contributed by atoms with E-state index in [2.05, 4.69) is 5.32 Å². The second-order valence-corrected chi connectivity index (χ2v) is 7.87. The number of amides is 2. The maximum Gasteiger partial charge on any atom is 0.242 e. The van der Waals surface area contributed by atoms with Crippen LogP contribution in [0, 0.1) is 0 Å². The van der Waals surface area contributed by atoms with Crippen molar-refractivity contribution in [2.24, 2.45) is 0 Å². The normalized spacial score (nSPS) is 16.2. The van der Waals surface area contributed by atoms with Crippen LogP contribution in [0.3, 0.4) is 0 Å². The molecular weight excluding hydrogens is 371 g/mol. The number of carbonyl (C=O) groups is 2. The van der Waals surface area contributed by atoms with Crippen LogP contribution in [0.4, 0.5) is 0 Å². The van der Waals surface area contributed by atoms with Crippen LogP contribution in [0.5, 0.6) is 0 Å². The van der Waals surface area contributed by atoms with E-state index in [1.54, 1.807) is 24.0 Å². The summed E-state index contributed by atoms with van der Waals surface area (Å²) in [7, 11) is 0. The first-order chi connectivity index (χ1) is 12.4. The lowest BCUT2D eigenvalue weighted by atomic mass is 9.95. The maximum atomic E-state index is 12.7. The minimum absolute atomic E-state index is 0.0372. The first kappa shape index (κ1) is 21.0. The monoisotopic (exact) mass is 398 g/mol. The largest absolute Gasteiger partial charge is 0.352 e. The summed E-state index contributed by atoms with van der Waals surface area (Å²) in [6.45, 7) is 4.04. The minimum Gasteiger partial charge on any atom is -0.352 e. The van der Waals surface area contributed by atoms with Crippen LogP contribution < -0.4 is 5.32 Å². The number of nitrogens with one attached hydrogen (secondary N) is 1. The van der Waals surface area contributed by atoms with Crippen molar-refractivity contribution in [3.63, 3.8) is 0 Å². The highest BCUT2D eigenvalue weighted by molar-refractivity contribution is 6.35. The molecule has 6 heteroatoms. The molecule has 1 fully saturated rings. The molecule has 144 valence electrons. The molecule has 1 aliphatic carbocycles. The van der Waals surface area contributed by atoms with Gasteiger partial charge in [0.25, 0.3) is 0 Å². The van der Waals surface area contributed by atoms with Crippen molar-refractivity contribution in [1.82, 2.24) is 10.2 Å². The van der Waals surface area contributed by atoms with Gasteiger partial charge in [-0.2, -0.15) is 0 Å². The average molecular weight is 399 g/mol. The molecule has 0 saturated heterocycles. The number of hydrogen-bond donors (Lipinski definition) is 1. The maximum absolute atomic E-state index is 12.7. The summed E-state index contributed by atoms with van der Waals surface area (Å²) >= 11 is 12.2. The number of carbonyl (C=O) groups excluding carboxylic acids is 2. The second-order valence-electron chi connectivity index (χ2n) is 7.03. The van der Waals surface area contributed by atoms with E-state index in [-0.39, 0.29) is 17.9 Å². The van der Waals surface area contributed by atoms with Gasteiger partial charge in [-0.15, -0.1) is 0 Å². The summed E-state index contributed by atoms with van der Waals surface area (Å²) in [5, 5.41) is 4.17. The van der Waals surface area contributed by atoms with Gasteiger partial charge in [-0.3, -0.25) is 9.59 Å². The summed E-state index contributed by atoms with van der Waals surface area (Å²) in [6, 6.07) is 4.90. The number of benzene rings is 1. The highest BCUT2D eigenvalue weighted by Gasteiger charge is 2.28. The zero-order valence-corrected chi connectivity index (χ0v) is 17.1. The van der Waals surface area contributed by atoms with E-state index < -0.39 is 6.04 Å². The Bertz CT molecular complexity index is 630. The third-order valence-electron chi connectivity index (χ3n) is 4.94. The zero-order valence-electron chi connectivity index (χ0n) is 15.6. The van der Waals surface area contributed by atoms with Crippen molar-refractivity contribution in [1.29, 1.82) is 0 Å². The molecule has 0 heterocycles. The van der Waals surface area contributed by atoms with Gasteiger partial charge in [-0.05, 0) is 43.9 Å². The Balaban J connectivity index is 2.11. The summed E-state index contributed by atoms with van der Waals surface area (Å²) in [6.07, 6.45) is 6.72.